The van der Waals surface area contributed by atoms with Gasteiger partial charge < -0.3 is 11.1 Å². The third-order valence-electron chi connectivity index (χ3n) is 2.32. The van der Waals surface area contributed by atoms with Crippen LogP contribution in [-0.2, 0) is 11.3 Å². The Labute approximate surface area is 108 Å². The largest absolute Gasteiger partial charge is 0.368 e. The number of rotatable bonds is 4. The SMILES string of the molecule is NC(=O)Cn1cc(NC(=O)c2ccc(F)cc2)cn1. The van der Waals surface area contributed by atoms with Crippen molar-refractivity contribution in [1.82, 2.24) is 9.78 Å². The van der Waals surface area contributed by atoms with Crippen LogP contribution < -0.4 is 11.1 Å². The molecule has 1 aromatic carbocycles. The molecule has 0 radical (unpaired) electrons. The summed E-state index contributed by atoms with van der Waals surface area (Å²) in [5, 5.41) is 6.43. The molecule has 0 aliphatic heterocycles. The van der Waals surface area contributed by atoms with E-state index in [1.807, 2.05) is 0 Å². The summed E-state index contributed by atoms with van der Waals surface area (Å²) in [7, 11) is 0. The van der Waals surface area contributed by atoms with E-state index in [1.165, 1.54) is 41.3 Å². The number of nitrogens with two attached hydrogens (primary N) is 1. The molecule has 2 amide bonds. The van der Waals surface area contributed by atoms with Crippen molar-refractivity contribution in [2.75, 3.05) is 5.32 Å². The Morgan fingerprint density at radius 3 is 2.63 bits per heavy atom. The summed E-state index contributed by atoms with van der Waals surface area (Å²) >= 11 is 0. The molecule has 0 bridgehead atoms. The van der Waals surface area contributed by atoms with Gasteiger partial charge in [-0.25, -0.2) is 4.39 Å². The predicted octanol–water partition coefficient (Wildman–Crippen LogP) is 0.760. The molecule has 7 heteroatoms. The molecule has 2 rings (SSSR count). The quantitative estimate of drug-likeness (QED) is 0.852. The molecule has 0 fully saturated rings. The minimum Gasteiger partial charge on any atom is -0.368 e. The van der Waals surface area contributed by atoms with Crippen molar-refractivity contribution in [2.45, 2.75) is 6.54 Å². The normalized spacial score (nSPS) is 10.2. The number of halogens is 1. The molecule has 98 valence electrons. The fourth-order valence-corrected chi connectivity index (χ4v) is 1.48. The zero-order chi connectivity index (χ0) is 13.8. The Morgan fingerprint density at radius 1 is 1.32 bits per heavy atom. The lowest BCUT2D eigenvalue weighted by molar-refractivity contribution is -0.118. The number of benzene rings is 1. The van der Waals surface area contributed by atoms with E-state index in [0.29, 0.717) is 11.3 Å². The van der Waals surface area contributed by atoms with Gasteiger partial charge in [-0.3, -0.25) is 14.3 Å². The maximum Gasteiger partial charge on any atom is 0.255 e. The second kappa shape index (κ2) is 5.30. The molecular weight excluding hydrogens is 251 g/mol. The summed E-state index contributed by atoms with van der Waals surface area (Å²) in [5.41, 5.74) is 5.77. The van der Waals surface area contributed by atoms with Crippen LogP contribution >= 0.6 is 0 Å². The van der Waals surface area contributed by atoms with Gasteiger partial charge in [0.15, 0.2) is 0 Å². The molecule has 0 saturated heterocycles. The van der Waals surface area contributed by atoms with Crippen LogP contribution in [0, 0.1) is 5.82 Å². The number of nitrogens with zero attached hydrogens (tertiary/aromatic N) is 2. The number of carbonyl (C=O) groups excluding carboxylic acids is 2. The van der Waals surface area contributed by atoms with Crippen LogP contribution in [0.2, 0.25) is 0 Å². The van der Waals surface area contributed by atoms with E-state index in [0.717, 1.165) is 0 Å². The predicted molar refractivity (Wildman–Crippen MR) is 65.8 cm³/mol. The van der Waals surface area contributed by atoms with Gasteiger partial charge in [0.05, 0.1) is 11.9 Å². The molecule has 0 aliphatic carbocycles. The van der Waals surface area contributed by atoms with Crippen LogP contribution in [0.15, 0.2) is 36.7 Å². The Hall–Kier alpha value is -2.70. The second-order valence-corrected chi connectivity index (χ2v) is 3.85. The van der Waals surface area contributed by atoms with Crippen LogP contribution in [0.4, 0.5) is 10.1 Å². The van der Waals surface area contributed by atoms with Gasteiger partial charge in [0.1, 0.15) is 12.4 Å². The maximum atomic E-state index is 12.7. The average molecular weight is 262 g/mol. The second-order valence-electron chi connectivity index (χ2n) is 3.85. The first-order valence-corrected chi connectivity index (χ1v) is 5.42. The Balaban J connectivity index is 2.04. The molecule has 6 nitrogen and oxygen atoms in total. The van der Waals surface area contributed by atoms with Crippen molar-refractivity contribution >= 4 is 17.5 Å². The van der Waals surface area contributed by atoms with Gasteiger partial charge in [-0.1, -0.05) is 0 Å². The summed E-state index contributed by atoms with van der Waals surface area (Å²) in [4.78, 5) is 22.5. The first-order chi connectivity index (χ1) is 9.04. The topological polar surface area (TPSA) is 90.0 Å². The third-order valence-corrected chi connectivity index (χ3v) is 2.32. The van der Waals surface area contributed by atoms with Crippen molar-refractivity contribution in [2.24, 2.45) is 5.73 Å². The minimum atomic E-state index is -0.528. The van der Waals surface area contributed by atoms with Gasteiger partial charge in [0.2, 0.25) is 5.91 Å². The zero-order valence-electron chi connectivity index (χ0n) is 9.84. The van der Waals surface area contributed by atoms with E-state index in [1.54, 1.807) is 0 Å². The standard InChI is InChI=1S/C12H11FN4O2/c13-9-3-1-8(2-4-9)12(19)16-10-5-15-17(6-10)7-11(14)18/h1-6H,7H2,(H2,14,18)(H,16,19). The lowest BCUT2D eigenvalue weighted by Gasteiger charge is -2.02. The summed E-state index contributed by atoms with van der Waals surface area (Å²) in [5.74, 6) is -1.33. The lowest BCUT2D eigenvalue weighted by Crippen LogP contribution is -2.18. The van der Waals surface area contributed by atoms with E-state index in [-0.39, 0.29) is 6.54 Å². The number of hydrogen-bond donors (Lipinski definition) is 2. The average Bonchev–Trinajstić information content (AvgIpc) is 2.76. The van der Waals surface area contributed by atoms with Crippen LogP contribution in [0.25, 0.3) is 0 Å². The van der Waals surface area contributed by atoms with Gasteiger partial charge in [0.25, 0.3) is 5.91 Å². The van der Waals surface area contributed by atoms with Crippen molar-refractivity contribution in [3.05, 3.63) is 48.0 Å². The van der Waals surface area contributed by atoms with Crippen molar-refractivity contribution < 1.29 is 14.0 Å². The number of nitrogens with one attached hydrogen (secondary N) is 1. The van der Waals surface area contributed by atoms with Gasteiger partial charge in [-0.2, -0.15) is 5.10 Å². The van der Waals surface area contributed by atoms with Crippen molar-refractivity contribution in [3.8, 4) is 0 Å². The van der Waals surface area contributed by atoms with Gasteiger partial charge in [-0.15, -0.1) is 0 Å². The fourth-order valence-electron chi connectivity index (χ4n) is 1.48. The number of aromatic nitrogens is 2. The van der Waals surface area contributed by atoms with Crippen LogP contribution in [-0.4, -0.2) is 21.6 Å². The molecule has 19 heavy (non-hydrogen) atoms. The molecule has 1 aromatic heterocycles. The number of hydrogen-bond acceptors (Lipinski definition) is 3. The highest BCUT2D eigenvalue weighted by molar-refractivity contribution is 6.04. The number of amides is 2. The van der Waals surface area contributed by atoms with E-state index in [4.69, 9.17) is 5.73 Å². The highest BCUT2D eigenvalue weighted by Crippen LogP contribution is 2.09. The third kappa shape index (κ3) is 3.38. The molecule has 0 saturated carbocycles. The molecule has 1 heterocycles. The molecule has 0 unspecified atom stereocenters. The summed E-state index contributed by atoms with van der Waals surface area (Å²) in [6, 6.07) is 5.15. The first-order valence-electron chi connectivity index (χ1n) is 5.42. The van der Waals surface area contributed by atoms with Crippen LogP contribution in [0.1, 0.15) is 10.4 Å². The lowest BCUT2D eigenvalue weighted by atomic mass is 10.2. The molecule has 0 atom stereocenters. The monoisotopic (exact) mass is 262 g/mol. The summed E-state index contributed by atoms with van der Waals surface area (Å²) in [6.45, 7) is -0.0631. The highest BCUT2D eigenvalue weighted by atomic mass is 19.1. The molecule has 0 spiro atoms. The van der Waals surface area contributed by atoms with Crippen LogP contribution in [0.3, 0.4) is 0 Å². The molecule has 2 aromatic rings. The van der Waals surface area contributed by atoms with Gasteiger partial charge in [-0.05, 0) is 24.3 Å². The highest BCUT2D eigenvalue weighted by Gasteiger charge is 2.08. The summed E-state index contributed by atoms with van der Waals surface area (Å²) in [6.07, 6.45) is 2.87. The Kier molecular flexibility index (Phi) is 3.56. The Morgan fingerprint density at radius 2 is 2.00 bits per heavy atom. The Bertz CT molecular complexity index is 606. The number of primary amides is 1. The number of carbonyl (C=O) groups is 2. The van der Waals surface area contributed by atoms with Crippen LogP contribution in [0.5, 0.6) is 0 Å². The van der Waals surface area contributed by atoms with E-state index in [9.17, 15) is 14.0 Å². The molecule has 0 aliphatic rings. The van der Waals surface area contributed by atoms with Crippen molar-refractivity contribution in [1.29, 1.82) is 0 Å². The zero-order valence-corrected chi connectivity index (χ0v) is 9.84. The first kappa shape index (κ1) is 12.7. The van der Waals surface area contributed by atoms with Gasteiger partial charge >= 0.3 is 0 Å². The summed E-state index contributed by atoms with van der Waals surface area (Å²) < 4.78 is 14.0. The van der Waals surface area contributed by atoms with Gasteiger partial charge in [0, 0.05) is 11.8 Å². The number of anilines is 1. The smallest absolute Gasteiger partial charge is 0.255 e. The van der Waals surface area contributed by atoms with E-state index >= 15 is 0 Å². The minimum absolute atomic E-state index is 0.0631. The van der Waals surface area contributed by atoms with Crippen molar-refractivity contribution in [3.63, 3.8) is 0 Å². The van der Waals surface area contributed by atoms with E-state index in [2.05, 4.69) is 10.4 Å². The maximum absolute atomic E-state index is 12.7. The fraction of sp³-hybridized carbons (Fsp3) is 0.0833. The molecular formula is C12H11FN4O2. The molecule has 3 N–H and O–H groups in total. The van der Waals surface area contributed by atoms with E-state index < -0.39 is 17.6 Å².